The number of phenolic OH excluding ortho intramolecular Hbond substituents is 1. The van der Waals surface area contributed by atoms with Crippen molar-refractivity contribution < 1.29 is 44.8 Å². The smallest absolute Gasteiger partial charge is 0.255 e. The number of likely N-dealkylation sites (N-methyl/N-ethyl adjacent to an activating group) is 2. The number of nitrogens with zero attached hydrogens (tertiary/aromatic N) is 2. The molecule has 2 aromatic carbocycles. The number of aliphatic hydroxyl groups is 3. The van der Waals surface area contributed by atoms with Gasteiger partial charge in [0, 0.05) is 24.2 Å². The van der Waals surface area contributed by atoms with Crippen LogP contribution in [0.5, 0.6) is 5.75 Å². The molecule has 2 amide bonds. The van der Waals surface area contributed by atoms with Gasteiger partial charge in [-0.3, -0.25) is 24.1 Å². The number of hydrogen-bond acceptors (Lipinski definition) is 11. The van der Waals surface area contributed by atoms with E-state index in [4.69, 9.17) is 5.73 Å². The number of hydrogen-bond donors (Lipinski definition) is 7. The first kappa shape index (κ1) is 29.9. The Hall–Kier alpha value is -4.56. The second-order valence-electron chi connectivity index (χ2n) is 11.4. The fourth-order valence-electron chi connectivity index (χ4n) is 6.66. The summed E-state index contributed by atoms with van der Waals surface area (Å²) in [6.07, 6.45) is 0.116. The number of fused-ring (bicyclic) bond motifs is 3. The van der Waals surface area contributed by atoms with Gasteiger partial charge in [-0.2, -0.15) is 5.06 Å². The Kier molecular flexibility index (Phi) is 7.38. The third kappa shape index (κ3) is 4.66. The van der Waals surface area contributed by atoms with E-state index in [1.54, 1.807) is 30.3 Å². The fourth-order valence-corrected chi connectivity index (χ4v) is 6.66. The van der Waals surface area contributed by atoms with E-state index in [1.165, 1.54) is 32.1 Å². The molecule has 1 fully saturated rings. The summed E-state index contributed by atoms with van der Waals surface area (Å²) in [5.74, 6) is -7.53. The summed E-state index contributed by atoms with van der Waals surface area (Å²) in [6.45, 7) is -0.227. The van der Waals surface area contributed by atoms with Crippen molar-refractivity contribution in [1.29, 1.82) is 0 Å². The minimum absolute atomic E-state index is 0.0165. The van der Waals surface area contributed by atoms with Crippen LogP contribution in [0.15, 0.2) is 53.3 Å². The zero-order valence-electron chi connectivity index (χ0n) is 23.7. The minimum Gasteiger partial charge on any atom is -0.508 e. The first-order chi connectivity index (χ1) is 20.2. The largest absolute Gasteiger partial charge is 0.508 e. The second-order valence-corrected chi connectivity index (χ2v) is 11.4. The van der Waals surface area contributed by atoms with Gasteiger partial charge >= 0.3 is 0 Å². The Labute approximate surface area is 246 Å². The molecule has 43 heavy (non-hydrogen) atoms. The second kappa shape index (κ2) is 10.6. The highest BCUT2D eigenvalue weighted by molar-refractivity contribution is 6.24. The number of nitrogens with one attached hydrogen (secondary N) is 1. The van der Waals surface area contributed by atoms with Crippen LogP contribution in [0, 0.1) is 11.8 Å². The Morgan fingerprint density at radius 2 is 1.70 bits per heavy atom. The Morgan fingerprint density at radius 3 is 2.28 bits per heavy atom. The lowest BCUT2D eigenvalue weighted by molar-refractivity contribution is -0.153. The molecule has 0 heterocycles. The van der Waals surface area contributed by atoms with Crippen molar-refractivity contribution in [3.63, 3.8) is 0 Å². The third-order valence-corrected chi connectivity index (χ3v) is 8.46. The van der Waals surface area contributed by atoms with Crippen LogP contribution in [0.1, 0.15) is 17.5 Å². The molecule has 0 radical (unpaired) electrons. The van der Waals surface area contributed by atoms with Crippen molar-refractivity contribution in [3.8, 4) is 16.9 Å². The van der Waals surface area contributed by atoms with Crippen LogP contribution in [0.3, 0.4) is 0 Å². The fraction of sp³-hybridized carbons (Fsp3) is 0.333. The molecule has 0 aliphatic heterocycles. The summed E-state index contributed by atoms with van der Waals surface area (Å²) in [5, 5.41) is 57.6. The molecular weight excluding hydrogens is 560 g/mol. The molecule has 1 saturated carbocycles. The number of primary amides is 1. The van der Waals surface area contributed by atoms with Crippen LogP contribution in [0.4, 0.5) is 5.69 Å². The number of phenols is 1. The van der Waals surface area contributed by atoms with E-state index in [0.717, 1.165) is 5.06 Å². The molecule has 1 unspecified atom stereocenters. The molecule has 3 aliphatic carbocycles. The standard InChI is InChI=1S/C30H32N4O9/c1-33(2)24-18-11-14-10-17-16(13-4-6-15(7-5-13)32-20(36)12-34(3)43)8-9-19(35)22(17)25(37)21(14)27(39)30(18,42)28(40)23(26(24)38)29(31)41/h4-9,14,18,24,35,37,40,42-43H,10-12H2,1-3H3,(H2,31,41)(H,32,36)/t14-,18-,24?,30-/m0/s1. The van der Waals surface area contributed by atoms with Gasteiger partial charge in [0.15, 0.2) is 11.4 Å². The van der Waals surface area contributed by atoms with Crippen LogP contribution in [0.25, 0.3) is 16.9 Å². The number of aromatic hydroxyl groups is 1. The van der Waals surface area contributed by atoms with E-state index in [2.05, 4.69) is 5.32 Å². The van der Waals surface area contributed by atoms with Gasteiger partial charge in [-0.25, -0.2) is 0 Å². The van der Waals surface area contributed by atoms with Gasteiger partial charge in [0.25, 0.3) is 5.91 Å². The van der Waals surface area contributed by atoms with E-state index in [-0.39, 0.29) is 36.3 Å². The maximum Gasteiger partial charge on any atom is 0.255 e. The highest BCUT2D eigenvalue weighted by atomic mass is 16.5. The van der Waals surface area contributed by atoms with Crippen molar-refractivity contribution in [2.75, 3.05) is 33.0 Å². The Balaban J connectivity index is 1.60. The van der Waals surface area contributed by atoms with E-state index in [0.29, 0.717) is 22.4 Å². The Morgan fingerprint density at radius 1 is 1.05 bits per heavy atom. The summed E-state index contributed by atoms with van der Waals surface area (Å²) < 4.78 is 0. The minimum atomic E-state index is -2.71. The van der Waals surface area contributed by atoms with Crippen LogP contribution in [0.2, 0.25) is 0 Å². The van der Waals surface area contributed by atoms with Crippen molar-refractivity contribution in [2.24, 2.45) is 17.6 Å². The molecule has 3 aliphatic rings. The number of hydroxylamine groups is 2. The van der Waals surface area contributed by atoms with Gasteiger partial charge < -0.3 is 36.7 Å². The first-order valence-electron chi connectivity index (χ1n) is 13.5. The van der Waals surface area contributed by atoms with E-state index in [1.807, 2.05) is 0 Å². The zero-order chi connectivity index (χ0) is 31.5. The van der Waals surface area contributed by atoms with Gasteiger partial charge in [0.05, 0.1) is 11.6 Å². The number of benzene rings is 2. The van der Waals surface area contributed by atoms with Crippen molar-refractivity contribution in [2.45, 2.75) is 24.5 Å². The number of nitrogens with two attached hydrogens (primary N) is 1. The summed E-state index contributed by atoms with van der Waals surface area (Å²) in [6, 6.07) is 8.59. The summed E-state index contributed by atoms with van der Waals surface area (Å²) in [5.41, 5.74) is 3.84. The lowest BCUT2D eigenvalue weighted by atomic mass is 9.57. The normalized spacial score (nSPS) is 25.0. The highest BCUT2D eigenvalue weighted by Crippen LogP contribution is 2.53. The molecule has 13 nitrogen and oxygen atoms in total. The highest BCUT2D eigenvalue weighted by Gasteiger charge is 2.64. The first-order valence-corrected chi connectivity index (χ1v) is 13.5. The topological polar surface area (TPSA) is 214 Å². The van der Waals surface area contributed by atoms with Crippen LogP contribution in [-0.4, -0.2) is 98.3 Å². The molecule has 0 spiro atoms. The van der Waals surface area contributed by atoms with Crippen LogP contribution >= 0.6 is 0 Å². The number of carbonyl (C=O) groups excluding carboxylic acids is 4. The molecule has 0 aromatic heterocycles. The number of Topliss-reactive ketones (excluding diaryl/α,β-unsaturated/α-hetero) is 2. The number of amides is 2. The molecule has 0 bridgehead atoms. The summed E-state index contributed by atoms with van der Waals surface area (Å²) in [4.78, 5) is 52.8. The third-order valence-electron chi connectivity index (χ3n) is 8.46. The maximum atomic E-state index is 14.0. The molecule has 0 saturated heterocycles. The van der Waals surface area contributed by atoms with Crippen LogP contribution < -0.4 is 11.1 Å². The zero-order valence-corrected chi connectivity index (χ0v) is 23.7. The van der Waals surface area contributed by atoms with Crippen molar-refractivity contribution in [3.05, 3.63) is 64.4 Å². The summed E-state index contributed by atoms with van der Waals surface area (Å²) >= 11 is 0. The molecule has 4 atom stereocenters. The summed E-state index contributed by atoms with van der Waals surface area (Å²) in [7, 11) is 4.42. The molecule has 8 N–H and O–H groups in total. The van der Waals surface area contributed by atoms with Gasteiger partial charge in [0.2, 0.25) is 11.7 Å². The lowest BCUT2D eigenvalue weighted by Crippen LogP contribution is -2.65. The van der Waals surface area contributed by atoms with E-state index >= 15 is 0 Å². The SMILES string of the molecule is CN(O)CC(=O)Nc1ccc(-c2ccc(O)c3c2C[C@H]2C[C@H]4C(N(C)C)C(=O)C(C(N)=O)=C(O)[C@@]4(O)C(=O)C2=C3O)cc1. The van der Waals surface area contributed by atoms with Crippen molar-refractivity contribution >= 4 is 34.8 Å². The molecule has 5 rings (SSSR count). The molecule has 2 aromatic rings. The van der Waals surface area contributed by atoms with Gasteiger partial charge in [-0.1, -0.05) is 18.2 Å². The monoisotopic (exact) mass is 592 g/mol. The van der Waals surface area contributed by atoms with Crippen molar-refractivity contribution in [1.82, 2.24) is 9.96 Å². The average Bonchev–Trinajstić information content (AvgIpc) is 2.90. The predicted molar refractivity (Wildman–Crippen MR) is 153 cm³/mol. The Bertz CT molecular complexity index is 1630. The number of ketones is 2. The molecular formula is C30H32N4O9. The quantitative estimate of drug-likeness (QED) is 0.185. The maximum absolute atomic E-state index is 14.0. The molecule has 13 heteroatoms. The van der Waals surface area contributed by atoms with Gasteiger partial charge in [-0.05, 0) is 67.7 Å². The number of carbonyl (C=O) groups is 4. The number of rotatable bonds is 6. The lowest BCUT2D eigenvalue weighted by Gasteiger charge is -2.50. The van der Waals surface area contributed by atoms with Gasteiger partial charge in [-0.15, -0.1) is 0 Å². The predicted octanol–water partition coefficient (Wildman–Crippen LogP) is 0.891. The number of anilines is 1. The van der Waals surface area contributed by atoms with Gasteiger partial charge in [0.1, 0.15) is 29.4 Å². The van der Waals surface area contributed by atoms with Crippen LogP contribution in [-0.2, 0) is 25.6 Å². The number of aliphatic hydroxyl groups excluding tert-OH is 2. The van der Waals surface area contributed by atoms with E-state index in [9.17, 15) is 44.8 Å². The molecule has 226 valence electrons. The average molecular weight is 593 g/mol. The van der Waals surface area contributed by atoms with E-state index < -0.39 is 64.0 Å².